The van der Waals surface area contributed by atoms with Crippen molar-refractivity contribution in [2.24, 2.45) is 5.92 Å². The molecule has 0 aliphatic carbocycles. The van der Waals surface area contributed by atoms with Gasteiger partial charge in [-0.25, -0.2) is 0 Å². The Labute approximate surface area is 111 Å². The Bertz CT molecular complexity index is 375. The van der Waals surface area contributed by atoms with Gasteiger partial charge in [0, 0.05) is 24.8 Å². The molecule has 0 bridgehead atoms. The molecule has 1 N–H and O–H groups in total. The number of anilines is 1. The minimum absolute atomic E-state index is 0.541. The molecule has 2 heteroatoms. The lowest BCUT2D eigenvalue weighted by molar-refractivity contribution is 0.465. The fraction of sp³-hybridized carbons (Fsp3) is 0.625. The van der Waals surface area contributed by atoms with Crippen LogP contribution in [0.15, 0.2) is 24.3 Å². The lowest BCUT2D eigenvalue weighted by atomic mass is 9.95. The van der Waals surface area contributed by atoms with Crippen molar-refractivity contribution in [1.82, 2.24) is 5.32 Å². The first-order valence-electron chi connectivity index (χ1n) is 7.33. The van der Waals surface area contributed by atoms with Crippen LogP contribution in [0.2, 0.25) is 0 Å². The molecule has 0 amide bonds. The van der Waals surface area contributed by atoms with Gasteiger partial charge in [-0.1, -0.05) is 45.4 Å². The smallest absolute Gasteiger partial charge is 0.0414 e. The van der Waals surface area contributed by atoms with Gasteiger partial charge >= 0.3 is 0 Å². The number of hydrogen-bond donors (Lipinski definition) is 1. The predicted octanol–water partition coefficient (Wildman–Crippen LogP) is 3.59. The molecule has 1 aliphatic rings. The molecule has 1 aliphatic heterocycles. The molecule has 2 unspecified atom stereocenters. The van der Waals surface area contributed by atoms with Gasteiger partial charge in [-0.05, 0) is 30.5 Å². The van der Waals surface area contributed by atoms with Gasteiger partial charge in [-0.2, -0.15) is 0 Å². The van der Waals surface area contributed by atoms with E-state index in [4.69, 9.17) is 0 Å². The largest absolute Gasteiger partial charge is 0.371 e. The summed E-state index contributed by atoms with van der Waals surface area (Å²) in [5, 5.41) is 3.60. The maximum atomic E-state index is 3.60. The van der Waals surface area contributed by atoms with Crippen molar-refractivity contribution >= 4 is 5.69 Å². The topological polar surface area (TPSA) is 15.3 Å². The highest BCUT2D eigenvalue weighted by Crippen LogP contribution is 2.34. The fourth-order valence-corrected chi connectivity index (χ4v) is 2.78. The Morgan fingerprint density at radius 2 is 2.11 bits per heavy atom. The summed E-state index contributed by atoms with van der Waals surface area (Å²) in [4.78, 5) is 2.57. The zero-order chi connectivity index (χ0) is 13.0. The summed E-state index contributed by atoms with van der Waals surface area (Å²) in [6.45, 7) is 10.2. The summed E-state index contributed by atoms with van der Waals surface area (Å²) in [5.41, 5.74) is 2.92. The number of nitrogens with zero attached hydrogens (tertiary/aromatic N) is 1. The molecule has 1 aromatic carbocycles. The van der Waals surface area contributed by atoms with Crippen LogP contribution >= 0.6 is 0 Å². The average Bonchev–Trinajstić information content (AvgIpc) is 2.41. The van der Waals surface area contributed by atoms with E-state index in [9.17, 15) is 0 Å². The van der Waals surface area contributed by atoms with E-state index in [-0.39, 0.29) is 0 Å². The van der Waals surface area contributed by atoms with Crippen LogP contribution < -0.4 is 10.2 Å². The first kappa shape index (κ1) is 13.4. The fourth-order valence-electron chi connectivity index (χ4n) is 2.78. The van der Waals surface area contributed by atoms with E-state index in [0.29, 0.717) is 6.04 Å². The zero-order valence-corrected chi connectivity index (χ0v) is 11.9. The third-order valence-electron chi connectivity index (χ3n) is 4.02. The van der Waals surface area contributed by atoms with E-state index >= 15 is 0 Å². The lowest BCUT2D eigenvalue weighted by Crippen LogP contribution is -2.38. The van der Waals surface area contributed by atoms with Crippen LogP contribution in [0.5, 0.6) is 0 Å². The first-order chi connectivity index (χ1) is 8.76. The molecule has 1 aromatic rings. The van der Waals surface area contributed by atoms with Crippen LogP contribution in [0.3, 0.4) is 0 Å². The molecular weight excluding hydrogens is 220 g/mol. The second-order valence-electron chi connectivity index (χ2n) is 5.42. The molecule has 0 fully saturated rings. The van der Waals surface area contributed by atoms with Crippen molar-refractivity contribution in [2.45, 2.75) is 39.7 Å². The van der Waals surface area contributed by atoms with Gasteiger partial charge in [0.15, 0.2) is 0 Å². The summed E-state index contributed by atoms with van der Waals surface area (Å²) in [7, 11) is 0. The molecule has 0 radical (unpaired) electrons. The van der Waals surface area contributed by atoms with Gasteiger partial charge in [0.1, 0.15) is 0 Å². The third kappa shape index (κ3) is 2.86. The third-order valence-corrected chi connectivity index (χ3v) is 4.02. The van der Waals surface area contributed by atoms with Crippen LogP contribution in [0, 0.1) is 5.92 Å². The van der Waals surface area contributed by atoms with Gasteiger partial charge in [0.25, 0.3) is 0 Å². The predicted molar refractivity (Wildman–Crippen MR) is 79.1 cm³/mol. The average molecular weight is 246 g/mol. The second kappa shape index (κ2) is 6.24. The van der Waals surface area contributed by atoms with E-state index < -0.39 is 0 Å². The quantitative estimate of drug-likeness (QED) is 0.854. The molecule has 0 saturated carbocycles. The van der Waals surface area contributed by atoms with Crippen molar-refractivity contribution < 1.29 is 0 Å². The van der Waals surface area contributed by atoms with Gasteiger partial charge in [0.2, 0.25) is 0 Å². The number of benzene rings is 1. The highest BCUT2D eigenvalue weighted by Gasteiger charge is 2.24. The van der Waals surface area contributed by atoms with E-state index in [0.717, 1.165) is 12.5 Å². The maximum Gasteiger partial charge on any atom is 0.0414 e. The monoisotopic (exact) mass is 246 g/mol. The van der Waals surface area contributed by atoms with Crippen LogP contribution in [-0.2, 0) is 0 Å². The highest BCUT2D eigenvalue weighted by atomic mass is 15.2. The Hall–Kier alpha value is -1.02. The molecule has 0 saturated heterocycles. The maximum absolute atomic E-state index is 3.60. The molecule has 100 valence electrons. The molecule has 2 atom stereocenters. The Kier molecular flexibility index (Phi) is 4.65. The number of hydrogen-bond acceptors (Lipinski definition) is 2. The van der Waals surface area contributed by atoms with Gasteiger partial charge in [0.05, 0.1) is 0 Å². The Morgan fingerprint density at radius 3 is 2.83 bits per heavy atom. The minimum atomic E-state index is 0.541. The Morgan fingerprint density at radius 1 is 1.33 bits per heavy atom. The van der Waals surface area contributed by atoms with Crippen molar-refractivity contribution in [3.8, 4) is 0 Å². The van der Waals surface area contributed by atoms with Crippen molar-refractivity contribution in [2.75, 3.05) is 24.5 Å². The number of rotatable bonds is 5. The van der Waals surface area contributed by atoms with Crippen molar-refractivity contribution in [3.05, 3.63) is 29.8 Å². The molecule has 2 nitrogen and oxygen atoms in total. The van der Waals surface area contributed by atoms with Gasteiger partial charge < -0.3 is 10.2 Å². The van der Waals surface area contributed by atoms with E-state index in [1.165, 1.54) is 37.2 Å². The van der Waals surface area contributed by atoms with Crippen LogP contribution in [0.4, 0.5) is 5.69 Å². The number of nitrogens with one attached hydrogen (secondary N) is 1. The Balaban J connectivity index is 2.19. The molecular formula is C16H26N2. The van der Waals surface area contributed by atoms with E-state index in [1.807, 2.05) is 0 Å². The minimum Gasteiger partial charge on any atom is -0.371 e. The van der Waals surface area contributed by atoms with E-state index in [1.54, 1.807) is 0 Å². The molecule has 18 heavy (non-hydrogen) atoms. The second-order valence-corrected chi connectivity index (χ2v) is 5.42. The van der Waals surface area contributed by atoms with Crippen LogP contribution in [-0.4, -0.2) is 19.6 Å². The van der Waals surface area contributed by atoms with Crippen molar-refractivity contribution in [3.63, 3.8) is 0 Å². The van der Waals surface area contributed by atoms with Crippen LogP contribution in [0.1, 0.15) is 45.2 Å². The number of para-hydroxylation sites is 1. The summed E-state index contributed by atoms with van der Waals surface area (Å²) in [6.07, 6.45) is 2.48. The summed E-state index contributed by atoms with van der Waals surface area (Å²) in [6, 6.07) is 9.43. The van der Waals surface area contributed by atoms with E-state index in [2.05, 4.69) is 55.3 Å². The summed E-state index contributed by atoms with van der Waals surface area (Å²) < 4.78 is 0. The molecule has 1 heterocycles. The summed E-state index contributed by atoms with van der Waals surface area (Å²) in [5.74, 6) is 0.772. The normalized spacial score (nSPS) is 20.6. The van der Waals surface area contributed by atoms with Gasteiger partial charge in [-0.15, -0.1) is 0 Å². The first-order valence-corrected chi connectivity index (χ1v) is 7.33. The van der Waals surface area contributed by atoms with Crippen LogP contribution in [0.25, 0.3) is 0 Å². The summed E-state index contributed by atoms with van der Waals surface area (Å²) >= 11 is 0. The highest BCUT2D eigenvalue weighted by molar-refractivity contribution is 5.57. The zero-order valence-electron chi connectivity index (χ0n) is 11.9. The molecule has 0 aromatic heterocycles. The van der Waals surface area contributed by atoms with Crippen molar-refractivity contribution in [1.29, 1.82) is 0 Å². The lowest BCUT2D eigenvalue weighted by Gasteiger charge is -2.37. The molecule has 0 spiro atoms. The standard InChI is InChI=1S/C16H26N2/c1-4-13(3)12-18-11-10-15(17-5-2)14-8-6-7-9-16(14)18/h6-9,13,15,17H,4-5,10-12H2,1-3H3. The SMILES string of the molecule is CCNC1CCN(CC(C)CC)c2ccccc21. The molecule has 2 rings (SSSR count). The van der Waals surface area contributed by atoms with Gasteiger partial charge in [-0.3, -0.25) is 0 Å². The number of fused-ring (bicyclic) bond motifs is 1.